The molecule has 120 valence electrons. The van der Waals surface area contributed by atoms with Gasteiger partial charge in [-0.05, 0) is 52.3 Å². The van der Waals surface area contributed by atoms with Crippen molar-refractivity contribution in [3.8, 4) is 34.2 Å². The van der Waals surface area contributed by atoms with E-state index in [9.17, 15) is 0 Å². The highest BCUT2D eigenvalue weighted by molar-refractivity contribution is 9.10. The van der Waals surface area contributed by atoms with Crippen LogP contribution in [0.5, 0.6) is 0 Å². The Morgan fingerprint density at radius 3 is 1.68 bits per heavy atom. The van der Waals surface area contributed by atoms with Crippen LogP contribution in [0, 0.1) is 0 Å². The van der Waals surface area contributed by atoms with Crippen LogP contribution in [-0.2, 0) is 0 Å². The molecule has 0 radical (unpaired) electrons. The van der Waals surface area contributed by atoms with E-state index in [1.54, 1.807) is 24.8 Å². The third-order valence-electron chi connectivity index (χ3n) is 3.56. The molecule has 0 bridgehead atoms. The van der Waals surface area contributed by atoms with Crippen LogP contribution >= 0.6 is 15.9 Å². The second-order valence-electron chi connectivity index (χ2n) is 5.28. The topological polar surface area (TPSA) is 64.5 Å². The molecule has 4 aromatic rings. The minimum atomic E-state index is 0.625. The zero-order chi connectivity index (χ0) is 17.1. The van der Waals surface area contributed by atoms with Gasteiger partial charge in [-0.2, -0.15) is 0 Å². The zero-order valence-corrected chi connectivity index (χ0v) is 14.6. The van der Waals surface area contributed by atoms with Gasteiger partial charge >= 0.3 is 0 Å². The molecule has 4 heterocycles. The molecule has 0 amide bonds. The first kappa shape index (κ1) is 15.5. The highest BCUT2D eigenvalue weighted by Crippen LogP contribution is 2.27. The van der Waals surface area contributed by atoms with Gasteiger partial charge in [-0.25, -0.2) is 15.0 Å². The van der Waals surface area contributed by atoms with Crippen molar-refractivity contribution in [2.24, 2.45) is 0 Å². The summed E-state index contributed by atoms with van der Waals surface area (Å²) in [6.45, 7) is 0. The monoisotopic (exact) mass is 389 g/mol. The standard InChI is InChI=1S/C19H12BrN5/c20-14-11-23-19(24-12-14)13-9-17(15-5-1-3-7-21-15)25-18(10-13)16-6-2-4-8-22-16/h1-12H. The lowest BCUT2D eigenvalue weighted by Crippen LogP contribution is -1.95. The number of halogens is 1. The van der Waals surface area contributed by atoms with Crippen LogP contribution < -0.4 is 0 Å². The Kier molecular flexibility index (Phi) is 4.26. The summed E-state index contributed by atoms with van der Waals surface area (Å²) in [5, 5.41) is 0. The van der Waals surface area contributed by atoms with Gasteiger partial charge < -0.3 is 0 Å². The molecule has 4 aromatic heterocycles. The molecule has 0 aromatic carbocycles. The molecule has 0 aliphatic heterocycles. The van der Waals surface area contributed by atoms with Crippen LogP contribution in [0.2, 0.25) is 0 Å². The van der Waals surface area contributed by atoms with Crippen LogP contribution in [0.4, 0.5) is 0 Å². The Morgan fingerprint density at radius 2 is 1.20 bits per heavy atom. The number of hydrogen-bond acceptors (Lipinski definition) is 5. The maximum atomic E-state index is 4.73. The first-order valence-corrected chi connectivity index (χ1v) is 8.42. The molecule has 0 atom stereocenters. The highest BCUT2D eigenvalue weighted by Gasteiger charge is 2.11. The molecule has 0 fully saturated rings. The van der Waals surface area contributed by atoms with Gasteiger partial charge in [-0.1, -0.05) is 12.1 Å². The lowest BCUT2D eigenvalue weighted by Gasteiger charge is -2.08. The van der Waals surface area contributed by atoms with Crippen molar-refractivity contribution in [2.45, 2.75) is 0 Å². The van der Waals surface area contributed by atoms with E-state index >= 15 is 0 Å². The number of aromatic nitrogens is 5. The van der Waals surface area contributed by atoms with Crippen molar-refractivity contribution in [3.63, 3.8) is 0 Å². The lowest BCUT2D eigenvalue weighted by atomic mass is 10.1. The summed E-state index contributed by atoms with van der Waals surface area (Å²) >= 11 is 3.36. The Balaban J connectivity index is 1.90. The van der Waals surface area contributed by atoms with Crippen molar-refractivity contribution >= 4 is 15.9 Å². The molecule has 6 heteroatoms. The molecular weight excluding hydrogens is 378 g/mol. The smallest absolute Gasteiger partial charge is 0.159 e. The Labute approximate surface area is 153 Å². The van der Waals surface area contributed by atoms with Crippen molar-refractivity contribution in [1.82, 2.24) is 24.9 Å². The van der Waals surface area contributed by atoms with E-state index in [0.29, 0.717) is 5.82 Å². The normalized spacial score (nSPS) is 10.6. The summed E-state index contributed by atoms with van der Waals surface area (Å²) in [7, 11) is 0. The van der Waals surface area contributed by atoms with Gasteiger partial charge in [0.15, 0.2) is 5.82 Å². The summed E-state index contributed by atoms with van der Waals surface area (Å²) in [5.41, 5.74) is 3.96. The van der Waals surface area contributed by atoms with Crippen molar-refractivity contribution < 1.29 is 0 Å². The second kappa shape index (κ2) is 6.86. The average molecular weight is 390 g/mol. The highest BCUT2D eigenvalue weighted by atomic mass is 79.9. The van der Waals surface area contributed by atoms with E-state index in [1.165, 1.54) is 0 Å². The summed E-state index contributed by atoms with van der Waals surface area (Å²) in [4.78, 5) is 22.3. The van der Waals surface area contributed by atoms with E-state index in [1.807, 2.05) is 48.5 Å². The van der Waals surface area contributed by atoms with Gasteiger partial charge in [-0.15, -0.1) is 0 Å². The molecular formula is C19H12BrN5. The minimum absolute atomic E-state index is 0.625. The predicted molar refractivity (Wildman–Crippen MR) is 99.4 cm³/mol. The van der Waals surface area contributed by atoms with Crippen LogP contribution in [0.25, 0.3) is 34.2 Å². The number of pyridine rings is 3. The van der Waals surface area contributed by atoms with Crippen molar-refractivity contribution in [3.05, 3.63) is 77.8 Å². The largest absolute Gasteiger partial charge is 0.255 e. The average Bonchev–Trinajstić information content (AvgIpc) is 2.69. The van der Waals surface area contributed by atoms with Gasteiger partial charge in [0.25, 0.3) is 0 Å². The van der Waals surface area contributed by atoms with E-state index < -0.39 is 0 Å². The van der Waals surface area contributed by atoms with E-state index in [0.717, 1.165) is 32.8 Å². The second-order valence-corrected chi connectivity index (χ2v) is 6.20. The lowest BCUT2D eigenvalue weighted by molar-refractivity contribution is 1.15. The molecule has 5 nitrogen and oxygen atoms in total. The number of nitrogens with zero attached hydrogens (tertiary/aromatic N) is 5. The van der Waals surface area contributed by atoms with Gasteiger partial charge in [0, 0.05) is 30.4 Å². The van der Waals surface area contributed by atoms with Crippen molar-refractivity contribution in [2.75, 3.05) is 0 Å². The Bertz CT molecular complexity index is 931. The molecule has 0 aliphatic carbocycles. The molecule has 0 unspecified atom stereocenters. The molecule has 4 rings (SSSR count). The summed E-state index contributed by atoms with van der Waals surface area (Å²) in [6, 6.07) is 15.4. The number of hydrogen-bond donors (Lipinski definition) is 0. The fraction of sp³-hybridized carbons (Fsp3) is 0. The van der Waals surface area contributed by atoms with Crippen LogP contribution in [0.15, 0.2) is 77.8 Å². The van der Waals surface area contributed by atoms with Crippen molar-refractivity contribution in [1.29, 1.82) is 0 Å². The minimum Gasteiger partial charge on any atom is -0.255 e. The van der Waals surface area contributed by atoms with Gasteiger partial charge in [0.05, 0.1) is 27.2 Å². The predicted octanol–water partition coefficient (Wildman–Crippen LogP) is 4.43. The SMILES string of the molecule is Brc1cnc(-c2cc(-c3ccccn3)nc(-c3ccccn3)c2)nc1. The first-order valence-electron chi connectivity index (χ1n) is 7.62. The third-order valence-corrected chi connectivity index (χ3v) is 3.97. The number of rotatable bonds is 3. The molecule has 0 N–H and O–H groups in total. The maximum absolute atomic E-state index is 4.73. The van der Waals surface area contributed by atoms with Gasteiger partial charge in [0.2, 0.25) is 0 Å². The molecule has 0 saturated heterocycles. The van der Waals surface area contributed by atoms with E-state index in [2.05, 4.69) is 35.9 Å². The van der Waals surface area contributed by atoms with Gasteiger partial charge in [0.1, 0.15) is 0 Å². The Hall–Kier alpha value is -2.99. The fourth-order valence-corrected chi connectivity index (χ4v) is 2.62. The summed E-state index contributed by atoms with van der Waals surface area (Å²) < 4.78 is 0.834. The maximum Gasteiger partial charge on any atom is 0.159 e. The van der Waals surface area contributed by atoms with Crippen LogP contribution in [-0.4, -0.2) is 24.9 Å². The molecule has 0 aliphatic rings. The Morgan fingerprint density at radius 1 is 0.640 bits per heavy atom. The van der Waals surface area contributed by atoms with Gasteiger partial charge in [-0.3, -0.25) is 9.97 Å². The van der Waals surface area contributed by atoms with Crippen LogP contribution in [0.1, 0.15) is 0 Å². The summed E-state index contributed by atoms with van der Waals surface area (Å²) in [5.74, 6) is 0.625. The van der Waals surface area contributed by atoms with E-state index in [-0.39, 0.29) is 0 Å². The molecule has 0 spiro atoms. The third kappa shape index (κ3) is 3.44. The summed E-state index contributed by atoms with van der Waals surface area (Å²) in [6.07, 6.45) is 6.95. The molecule has 25 heavy (non-hydrogen) atoms. The van der Waals surface area contributed by atoms with E-state index in [4.69, 9.17) is 4.98 Å². The quantitative estimate of drug-likeness (QED) is 0.518. The fourth-order valence-electron chi connectivity index (χ4n) is 2.41. The zero-order valence-electron chi connectivity index (χ0n) is 13.0. The molecule has 0 saturated carbocycles. The first-order chi connectivity index (χ1) is 12.3. The van der Waals surface area contributed by atoms with Crippen LogP contribution in [0.3, 0.4) is 0 Å².